The lowest BCUT2D eigenvalue weighted by atomic mass is 10.4. The Morgan fingerprint density at radius 2 is 2.10 bits per heavy atom. The molecule has 0 aliphatic rings. The zero-order chi connectivity index (χ0) is 14.4. The standard InChI is InChI=1S/C13H19N5O2/c1-4-7-19-12-8-9(2)15-13(17-12)14-6-5-11-16-10(3)18-20-11/h8H,4-7H2,1-3H3,(H,14,15,17). The van der Waals surface area contributed by atoms with Crippen LogP contribution in [0.2, 0.25) is 0 Å². The summed E-state index contributed by atoms with van der Waals surface area (Å²) < 4.78 is 10.5. The first-order chi connectivity index (χ1) is 9.67. The number of rotatable bonds is 7. The van der Waals surface area contributed by atoms with E-state index in [2.05, 4.69) is 32.3 Å². The molecule has 7 nitrogen and oxygen atoms in total. The summed E-state index contributed by atoms with van der Waals surface area (Å²) in [4.78, 5) is 12.7. The first-order valence-corrected chi connectivity index (χ1v) is 6.69. The van der Waals surface area contributed by atoms with Gasteiger partial charge in [-0.25, -0.2) is 4.98 Å². The molecule has 0 spiro atoms. The van der Waals surface area contributed by atoms with Crippen molar-refractivity contribution in [3.8, 4) is 5.88 Å². The molecule has 0 atom stereocenters. The highest BCUT2D eigenvalue weighted by Crippen LogP contribution is 2.12. The SMILES string of the molecule is CCCOc1cc(C)nc(NCCc2nc(C)no2)n1. The molecular weight excluding hydrogens is 258 g/mol. The van der Waals surface area contributed by atoms with Gasteiger partial charge in [0.2, 0.25) is 17.7 Å². The second kappa shape index (κ2) is 6.83. The molecule has 108 valence electrons. The second-order valence-corrected chi connectivity index (χ2v) is 4.43. The Labute approximate surface area is 117 Å². The number of nitrogens with one attached hydrogen (secondary N) is 1. The predicted molar refractivity (Wildman–Crippen MR) is 73.8 cm³/mol. The summed E-state index contributed by atoms with van der Waals surface area (Å²) in [5.41, 5.74) is 0.863. The lowest BCUT2D eigenvalue weighted by molar-refractivity contribution is 0.305. The molecule has 0 aromatic carbocycles. The van der Waals surface area contributed by atoms with E-state index in [0.717, 1.165) is 12.1 Å². The molecule has 0 fully saturated rings. The molecule has 2 rings (SSSR count). The molecule has 7 heteroatoms. The van der Waals surface area contributed by atoms with Gasteiger partial charge in [-0.3, -0.25) is 0 Å². The van der Waals surface area contributed by atoms with Crippen molar-refractivity contribution in [2.24, 2.45) is 0 Å². The van der Waals surface area contributed by atoms with E-state index in [9.17, 15) is 0 Å². The maximum Gasteiger partial charge on any atom is 0.228 e. The van der Waals surface area contributed by atoms with Crippen LogP contribution >= 0.6 is 0 Å². The summed E-state index contributed by atoms with van der Waals surface area (Å²) in [5.74, 6) is 2.38. The molecule has 2 heterocycles. The van der Waals surface area contributed by atoms with Crippen LogP contribution in [0.1, 0.15) is 30.8 Å². The van der Waals surface area contributed by atoms with E-state index in [4.69, 9.17) is 9.26 Å². The van der Waals surface area contributed by atoms with Crippen molar-refractivity contribution < 1.29 is 9.26 Å². The average molecular weight is 277 g/mol. The molecule has 0 unspecified atom stereocenters. The van der Waals surface area contributed by atoms with E-state index >= 15 is 0 Å². The number of hydrogen-bond donors (Lipinski definition) is 1. The number of ether oxygens (including phenoxy) is 1. The van der Waals surface area contributed by atoms with Crippen molar-refractivity contribution in [2.75, 3.05) is 18.5 Å². The van der Waals surface area contributed by atoms with Crippen LogP contribution in [-0.4, -0.2) is 33.3 Å². The van der Waals surface area contributed by atoms with E-state index in [0.29, 0.717) is 43.1 Å². The van der Waals surface area contributed by atoms with Crippen LogP contribution < -0.4 is 10.1 Å². The van der Waals surface area contributed by atoms with Crippen LogP contribution in [0.5, 0.6) is 5.88 Å². The van der Waals surface area contributed by atoms with Crippen molar-refractivity contribution in [1.29, 1.82) is 0 Å². The maximum absolute atomic E-state index is 5.51. The topological polar surface area (TPSA) is 86.0 Å². The molecule has 0 saturated carbocycles. The van der Waals surface area contributed by atoms with Gasteiger partial charge in [0.25, 0.3) is 0 Å². The fourth-order valence-corrected chi connectivity index (χ4v) is 1.62. The third-order valence-corrected chi connectivity index (χ3v) is 2.48. The molecule has 1 N–H and O–H groups in total. The van der Waals surface area contributed by atoms with E-state index in [1.807, 2.05) is 13.0 Å². The van der Waals surface area contributed by atoms with Crippen molar-refractivity contribution in [3.63, 3.8) is 0 Å². The van der Waals surface area contributed by atoms with Gasteiger partial charge in [-0.2, -0.15) is 9.97 Å². The normalized spacial score (nSPS) is 10.6. The first-order valence-electron chi connectivity index (χ1n) is 6.69. The Bertz CT molecular complexity index is 555. The Morgan fingerprint density at radius 1 is 1.25 bits per heavy atom. The molecule has 0 amide bonds. The zero-order valence-corrected chi connectivity index (χ0v) is 12.0. The Hall–Kier alpha value is -2.18. The van der Waals surface area contributed by atoms with Crippen LogP contribution in [-0.2, 0) is 6.42 Å². The summed E-state index contributed by atoms with van der Waals surface area (Å²) in [6.45, 7) is 7.03. The quantitative estimate of drug-likeness (QED) is 0.827. The zero-order valence-electron chi connectivity index (χ0n) is 12.0. The summed E-state index contributed by atoms with van der Waals surface area (Å²) in [6, 6.07) is 1.82. The van der Waals surface area contributed by atoms with Crippen molar-refractivity contribution >= 4 is 5.95 Å². The van der Waals surface area contributed by atoms with Gasteiger partial charge in [-0.1, -0.05) is 12.1 Å². The van der Waals surface area contributed by atoms with Crippen molar-refractivity contribution in [2.45, 2.75) is 33.6 Å². The molecular formula is C13H19N5O2. The van der Waals surface area contributed by atoms with Crippen molar-refractivity contribution in [1.82, 2.24) is 20.1 Å². The van der Waals surface area contributed by atoms with E-state index in [1.54, 1.807) is 6.92 Å². The fraction of sp³-hybridized carbons (Fsp3) is 0.538. The predicted octanol–water partition coefficient (Wildman–Crippen LogP) is 1.92. The molecule has 20 heavy (non-hydrogen) atoms. The van der Waals surface area contributed by atoms with Gasteiger partial charge >= 0.3 is 0 Å². The van der Waals surface area contributed by atoms with Gasteiger partial charge in [0.15, 0.2) is 5.82 Å². The number of hydrogen-bond acceptors (Lipinski definition) is 7. The Kier molecular flexibility index (Phi) is 4.86. The van der Waals surface area contributed by atoms with E-state index < -0.39 is 0 Å². The summed E-state index contributed by atoms with van der Waals surface area (Å²) >= 11 is 0. The number of aromatic nitrogens is 4. The summed E-state index contributed by atoms with van der Waals surface area (Å²) in [6.07, 6.45) is 1.58. The molecule has 2 aromatic rings. The van der Waals surface area contributed by atoms with Crippen LogP contribution in [0.25, 0.3) is 0 Å². The highest BCUT2D eigenvalue weighted by Gasteiger charge is 2.05. The first kappa shape index (κ1) is 14.2. The van der Waals surface area contributed by atoms with Gasteiger partial charge in [0.05, 0.1) is 6.61 Å². The molecule has 0 saturated heterocycles. The van der Waals surface area contributed by atoms with Crippen molar-refractivity contribution in [3.05, 3.63) is 23.5 Å². The lowest BCUT2D eigenvalue weighted by Gasteiger charge is -2.08. The Morgan fingerprint density at radius 3 is 2.80 bits per heavy atom. The highest BCUT2D eigenvalue weighted by atomic mass is 16.5. The van der Waals surface area contributed by atoms with Crippen LogP contribution in [0, 0.1) is 13.8 Å². The lowest BCUT2D eigenvalue weighted by Crippen LogP contribution is -2.10. The molecule has 0 radical (unpaired) electrons. The van der Waals surface area contributed by atoms with Crippen LogP contribution in [0.3, 0.4) is 0 Å². The summed E-state index contributed by atoms with van der Waals surface area (Å²) in [7, 11) is 0. The fourth-order valence-electron chi connectivity index (χ4n) is 1.62. The van der Waals surface area contributed by atoms with Gasteiger partial charge in [-0.05, 0) is 20.3 Å². The van der Waals surface area contributed by atoms with Crippen LogP contribution in [0.15, 0.2) is 10.6 Å². The van der Waals surface area contributed by atoms with Gasteiger partial charge < -0.3 is 14.6 Å². The van der Waals surface area contributed by atoms with Crippen LogP contribution in [0.4, 0.5) is 5.95 Å². The van der Waals surface area contributed by atoms with Gasteiger partial charge in [0.1, 0.15) is 0 Å². The monoisotopic (exact) mass is 277 g/mol. The van der Waals surface area contributed by atoms with Gasteiger partial charge in [-0.15, -0.1) is 0 Å². The minimum Gasteiger partial charge on any atom is -0.478 e. The minimum atomic E-state index is 0.548. The van der Waals surface area contributed by atoms with E-state index in [-0.39, 0.29) is 0 Å². The van der Waals surface area contributed by atoms with Gasteiger partial charge in [0, 0.05) is 24.7 Å². The number of anilines is 1. The third kappa shape index (κ3) is 4.18. The average Bonchev–Trinajstić information content (AvgIpc) is 2.81. The largest absolute Gasteiger partial charge is 0.478 e. The molecule has 0 aliphatic carbocycles. The third-order valence-electron chi connectivity index (χ3n) is 2.48. The summed E-state index contributed by atoms with van der Waals surface area (Å²) in [5, 5.41) is 6.87. The molecule has 0 aliphatic heterocycles. The highest BCUT2D eigenvalue weighted by molar-refractivity contribution is 5.30. The van der Waals surface area contributed by atoms with E-state index in [1.165, 1.54) is 0 Å². The smallest absolute Gasteiger partial charge is 0.228 e. The Balaban J connectivity index is 1.89. The molecule has 0 bridgehead atoms. The number of aryl methyl sites for hydroxylation is 2. The second-order valence-electron chi connectivity index (χ2n) is 4.43. The number of nitrogens with zero attached hydrogens (tertiary/aromatic N) is 4. The minimum absolute atomic E-state index is 0.548. The maximum atomic E-state index is 5.51. The molecule has 2 aromatic heterocycles.